The second-order valence-electron chi connectivity index (χ2n) is 5.80. The van der Waals surface area contributed by atoms with Gasteiger partial charge in [0.1, 0.15) is 11.3 Å². The summed E-state index contributed by atoms with van der Waals surface area (Å²) in [7, 11) is 0. The van der Waals surface area contributed by atoms with E-state index >= 15 is 0 Å². The molecule has 0 radical (unpaired) electrons. The summed E-state index contributed by atoms with van der Waals surface area (Å²) in [4.78, 5) is 35.0. The summed E-state index contributed by atoms with van der Waals surface area (Å²) in [6.45, 7) is 7.87. The summed E-state index contributed by atoms with van der Waals surface area (Å²) < 4.78 is 15.2. The van der Waals surface area contributed by atoms with Crippen LogP contribution in [0.1, 0.15) is 37.5 Å². The van der Waals surface area contributed by atoms with Crippen molar-refractivity contribution in [1.82, 2.24) is 0 Å². The maximum Gasteiger partial charge on any atom is 0.348 e. The zero-order valence-electron chi connectivity index (χ0n) is 13.7. The van der Waals surface area contributed by atoms with Gasteiger partial charge in [-0.15, -0.1) is 0 Å². The van der Waals surface area contributed by atoms with Gasteiger partial charge >= 0.3 is 17.9 Å². The number of ether oxygens (including phenoxy) is 3. The van der Waals surface area contributed by atoms with Crippen molar-refractivity contribution in [2.24, 2.45) is 0 Å². The Balaban J connectivity index is 2.41. The monoisotopic (exact) mass is 318 g/mol. The van der Waals surface area contributed by atoms with Crippen molar-refractivity contribution in [3.05, 3.63) is 34.4 Å². The normalized spacial score (nSPS) is 16.5. The van der Waals surface area contributed by atoms with Gasteiger partial charge in [0.2, 0.25) is 0 Å². The highest BCUT2D eigenvalue weighted by atomic mass is 16.7. The van der Waals surface area contributed by atoms with Gasteiger partial charge in [-0.2, -0.15) is 0 Å². The Morgan fingerprint density at radius 3 is 2.00 bits per heavy atom. The summed E-state index contributed by atoms with van der Waals surface area (Å²) in [5.74, 6) is -2.74. The molecule has 2 rings (SSSR count). The summed E-state index contributed by atoms with van der Waals surface area (Å²) >= 11 is 0. The Hall–Kier alpha value is -2.63. The van der Waals surface area contributed by atoms with Crippen molar-refractivity contribution in [3.63, 3.8) is 0 Å². The van der Waals surface area contributed by atoms with E-state index in [4.69, 9.17) is 14.2 Å². The van der Waals surface area contributed by atoms with Gasteiger partial charge in [0.25, 0.3) is 5.79 Å². The second-order valence-corrected chi connectivity index (χ2v) is 5.80. The number of carbonyl (C=O) groups excluding carboxylic acids is 3. The predicted octanol–water partition coefficient (Wildman–Crippen LogP) is 2.45. The van der Waals surface area contributed by atoms with E-state index in [2.05, 4.69) is 0 Å². The summed E-state index contributed by atoms with van der Waals surface area (Å²) in [6, 6.07) is 3.31. The lowest BCUT2D eigenvalue weighted by Crippen LogP contribution is -2.41. The highest BCUT2D eigenvalue weighted by molar-refractivity contribution is 6.19. The maximum atomic E-state index is 12.0. The third-order valence-electron chi connectivity index (χ3n) is 3.23. The molecule has 0 saturated carbocycles. The fourth-order valence-electron chi connectivity index (χ4n) is 2.31. The number of esters is 3. The van der Waals surface area contributed by atoms with Crippen LogP contribution in [-0.4, -0.2) is 23.7 Å². The van der Waals surface area contributed by atoms with Gasteiger partial charge < -0.3 is 14.2 Å². The first-order chi connectivity index (χ1) is 10.6. The number of carbonyl (C=O) groups is 3. The van der Waals surface area contributed by atoms with Crippen molar-refractivity contribution in [3.8, 4) is 5.75 Å². The van der Waals surface area contributed by atoms with E-state index in [1.54, 1.807) is 26.0 Å². The van der Waals surface area contributed by atoms with Crippen LogP contribution < -0.4 is 4.74 Å². The lowest BCUT2D eigenvalue weighted by molar-refractivity contribution is -0.222. The van der Waals surface area contributed by atoms with Crippen molar-refractivity contribution in [2.75, 3.05) is 0 Å². The standard InChI is InChI=1S/C17H18O6/c1-9-6-12(21-11(3)18)7-10(2)13(9)8-14-15(19)22-17(4,5)23-16(14)20/h6-8H,1-5H3. The fraction of sp³-hybridized carbons (Fsp3) is 0.353. The van der Waals surface area contributed by atoms with Crippen molar-refractivity contribution < 1.29 is 28.6 Å². The molecule has 23 heavy (non-hydrogen) atoms. The first-order valence-electron chi connectivity index (χ1n) is 7.07. The summed E-state index contributed by atoms with van der Waals surface area (Å²) in [6.07, 6.45) is 1.43. The molecule has 1 aromatic carbocycles. The number of hydrogen-bond acceptors (Lipinski definition) is 6. The Morgan fingerprint density at radius 2 is 1.57 bits per heavy atom. The Bertz CT molecular complexity index is 682. The molecular formula is C17H18O6. The average Bonchev–Trinajstić information content (AvgIpc) is 2.33. The first kappa shape index (κ1) is 16.7. The van der Waals surface area contributed by atoms with Crippen LogP contribution in [0.3, 0.4) is 0 Å². The number of aryl methyl sites for hydroxylation is 2. The van der Waals surface area contributed by atoms with Crippen LogP contribution >= 0.6 is 0 Å². The molecule has 0 atom stereocenters. The molecule has 6 heteroatoms. The minimum Gasteiger partial charge on any atom is -0.427 e. The molecule has 0 unspecified atom stereocenters. The van der Waals surface area contributed by atoms with E-state index in [9.17, 15) is 14.4 Å². The van der Waals surface area contributed by atoms with E-state index in [1.807, 2.05) is 0 Å². The predicted molar refractivity (Wildman–Crippen MR) is 81.5 cm³/mol. The molecule has 0 bridgehead atoms. The zero-order valence-corrected chi connectivity index (χ0v) is 13.7. The molecule has 1 aromatic rings. The van der Waals surface area contributed by atoms with Crippen LogP contribution in [0, 0.1) is 13.8 Å². The van der Waals surface area contributed by atoms with Gasteiger partial charge in [-0.05, 0) is 48.7 Å². The zero-order chi connectivity index (χ0) is 17.4. The second kappa shape index (κ2) is 5.87. The number of cyclic esters (lactones) is 2. The van der Waals surface area contributed by atoms with Crippen molar-refractivity contribution in [1.29, 1.82) is 0 Å². The number of benzene rings is 1. The quantitative estimate of drug-likeness (QED) is 0.361. The summed E-state index contributed by atoms with van der Waals surface area (Å²) in [5.41, 5.74) is 2.00. The molecule has 1 fully saturated rings. The Morgan fingerprint density at radius 1 is 1.09 bits per heavy atom. The first-order valence-corrected chi connectivity index (χ1v) is 7.07. The minimum atomic E-state index is -1.27. The van der Waals surface area contributed by atoms with Crippen LogP contribution in [-0.2, 0) is 23.9 Å². The summed E-state index contributed by atoms with van der Waals surface area (Å²) in [5, 5.41) is 0. The van der Waals surface area contributed by atoms with Crippen molar-refractivity contribution in [2.45, 2.75) is 40.4 Å². The molecule has 0 spiro atoms. The molecule has 1 aliphatic rings. The van der Waals surface area contributed by atoms with Crippen LogP contribution in [0.4, 0.5) is 0 Å². The van der Waals surface area contributed by atoms with E-state index in [0.717, 1.165) is 11.1 Å². The molecule has 0 aromatic heterocycles. The fourth-order valence-corrected chi connectivity index (χ4v) is 2.31. The van der Waals surface area contributed by atoms with E-state index in [0.29, 0.717) is 11.3 Å². The highest BCUT2D eigenvalue weighted by Gasteiger charge is 2.39. The third kappa shape index (κ3) is 3.77. The molecule has 122 valence electrons. The maximum absolute atomic E-state index is 12.0. The molecule has 0 aliphatic carbocycles. The number of hydrogen-bond donors (Lipinski definition) is 0. The average molecular weight is 318 g/mol. The SMILES string of the molecule is CC(=O)Oc1cc(C)c(C=C2C(=O)OC(C)(C)OC2=O)c(C)c1. The lowest BCUT2D eigenvalue weighted by Gasteiger charge is -2.29. The third-order valence-corrected chi connectivity index (χ3v) is 3.23. The Kier molecular flexibility index (Phi) is 4.27. The van der Waals surface area contributed by atoms with Gasteiger partial charge in [0.15, 0.2) is 0 Å². The molecule has 1 heterocycles. The number of rotatable bonds is 2. The molecular weight excluding hydrogens is 300 g/mol. The van der Waals surface area contributed by atoms with Gasteiger partial charge in [0, 0.05) is 20.8 Å². The van der Waals surface area contributed by atoms with E-state index in [1.165, 1.54) is 26.8 Å². The van der Waals surface area contributed by atoms with Gasteiger partial charge in [-0.3, -0.25) is 4.79 Å². The highest BCUT2D eigenvalue weighted by Crippen LogP contribution is 2.28. The van der Waals surface area contributed by atoms with Crippen LogP contribution in [0.2, 0.25) is 0 Å². The van der Waals surface area contributed by atoms with Crippen LogP contribution in [0.15, 0.2) is 17.7 Å². The largest absolute Gasteiger partial charge is 0.427 e. The molecule has 1 saturated heterocycles. The van der Waals surface area contributed by atoms with Gasteiger partial charge in [-0.25, -0.2) is 9.59 Å². The topological polar surface area (TPSA) is 78.9 Å². The smallest absolute Gasteiger partial charge is 0.348 e. The van der Waals surface area contributed by atoms with Gasteiger partial charge in [-0.1, -0.05) is 0 Å². The molecule has 0 N–H and O–H groups in total. The Labute approximate surface area is 134 Å². The van der Waals surface area contributed by atoms with Crippen molar-refractivity contribution >= 4 is 24.0 Å². The van der Waals surface area contributed by atoms with Crippen LogP contribution in [0.5, 0.6) is 5.75 Å². The van der Waals surface area contributed by atoms with E-state index in [-0.39, 0.29) is 5.57 Å². The minimum absolute atomic E-state index is 0.171. The van der Waals surface area contributed by atoms with Gasteiger partial charge in [0.05, 0.1) is 0 Å². The molecule has 6 nitrogen and oxygen atoms in total. The van der Waals surface area contributed by atoms with E-state index < -0.39 is 23.7 Å². The molecule has 1 aliphatic heterocycles. The molecule has 0 amide bonds. The lowest BCUT2D eigenvalue weighted by atomic mass is 9.99. The van der Waals surface area contributed by atoms with Crippen LogP contribution in [0.25, 0.3) is 6.08 Å².